The Labute approximate surface area is 87.6 Å². The molecule has 5 heteroatoms. The van der Waals surface area contributed by atoms with E-state index in [1.54, 1.807) is 24.3 Å². The summed E-state index contributed by atoms with van der Waals surface area (Å²) in [6, 6.07) is 6.90. The number of hydrogen-bond acceptors (Lipinski definition) is 4. The lowest BCUT2D eigenvalue weighted by atomic mass is 10.3. The molecule has 1 amide bonds. The first-order valence-corrected chi connectivity index (χ1v) is 4.50. The van der Waals surface area contributed by atoms with Crippen LogP contribution in [0.3, 0.4) is 0 Å². The molecule has 0 saturated heterocycles. The lowest BCUT2D eigenvalue weighted by molar-refractivity contribution is -0.114. The molecule has 4 N–H and O–H groups in total. The van der Waals surface area contributed by atoms with Crippen molar-refractivity contribution in [1.82, 2.24) is 5.32 Å². The highest BCUT2D eigenvalue weighted by atomic mass is 16.3. The topological polar surface area (TPSA) is 87.7 Å². The minimum Gasteiger partial charge on any atom is -0.399 e. The van der Waals surface area contributed by atoms with Crippen LogP contribution in [0.2, 0.25) is 0 Å². The van der Waals surface area contributed by atoms with Gasteiger partial charge in [-0.3, -0.25) is 9.79 Å². The summed E-state index contributed by atoms with van der Waals surface area (Å²) < 4.78 is 0. The Morgan fingerprint density at radius 2 is 2.40 bits per heavy atom. The second-order valence-electron chi connectivity index (χ2n) is 2.87. The second kappa shape index (κ2) is 5.77. The molecule has 0 atom stereocenters. The molecule has 0 aliphatic heterocycles. The third-order valence-corrected chi connectivity index (χ3v) is 1.61. The molecule has 1 aromatic rings. The molecule has 0 heterocycles. The predicted molar refractivity (Wildman–Crippen MR) is 59.1 cm³/mol. The van der Waals surface area contributed by atoms with Gasteiger partial charge in [0.2, 0.25) is 0 Å². The van der Waals surface area contributed by atoms with E-state index in [0.717, 1.165) is 6.21 Å². The van der Waals surface area contributed by atoms with E-state index < -0.39 is 0 Å². The van der Waals surface area contributed by atoms with E-state index in [1.165, 1.54) is 0 Å². The van der Waals surface area contributed by atoms with Gasteiger partial charge in [0.15, 0.2) is 0 Å². The summed E-state index contributed by atoms with van der Waals surface area (Å²) in [6.45, 7) is 0.139. The van der Waals surface area contributed by atoms with Crippen LogP contribution in [0.5, 0.6) is 0 Å². The van der Waals surface area contributed by atoms with Crippen LogP contribution in [0, 0.1) is 0 Å². The zero-order valence-corrected chi connectivity index (χ0v) is 8.18. The number of benzene rings is 1. The van der Waals surface area contributed by atoms with Gasteiger partial charge >= 0.3 is 0 Å². The van der Waals surface area contributed by atoms with Crippen molar-refractivity contribution >= 4 is 23.5 Å². The molecule has 0 unspecified atom stereocenters. The average molecular weight is 207 g/mol. The molecule has 0 aliphatic rings. The van der Waals surface area contributed by atoms with E-state index in [4.69, 9.17) is 10.8 Å². The minimum atomic E-state index is -0.341. The Kier molecular flexibility index (Phi) is 4.30. The third-order valence-electron chi connectivity index (χ3n) is 1.61. The van der Waals surface area contributed by atoms with Crippen molar-refractivity contribution in [2.75, 3.05) is 18.9 Å². The number of anilines is 1. The maximum atomic E-state index is 11.1. The predicted octanol–water partition coefficient (Wildman–Crippen LogP) is 0.0796. The van der Waals surface area contributed by atoms with Gasteiger partial charge in [-0.15, -0.1) is 0 Å². The van der Waals surface area contributed by atoms with Gasteiger partial charge in [0.25, 0.3) is 5.91 Å². The number of nitrogens with two attached hydrogens (primary N) is 1. The highest BCUT2D eigenvalue weighted by Gasteiger charge is 1.94. The Balaban J connectivity index is 2.53. The van der Waals surface area contributed by atoms with Crippen LogP contribution in [-0.2, 0) is 4.79 Å². The maximum absolute atomic E-state index is 11.1. The smallest absolute Gasteiger partial charge is 0.262 e. The van der Waals surface area contributed by atoms with E-state index in [1.807, 2.05) is 0 Å². The molecule has 0 fully saturated rings. The standard InChI is InChI=1S/C10H13N3O2/c11-8-2-1-3-9(6-8)13-7-10(15)12-4-5-14/h1-3,6-7,14H,4-5,11H2,(H,12,15)/b13-7+. The fourth-order valence-electron chi connectivity index (χ4n) is 0.963. The molecule has 0 bridgehead atoms. The molecular weight excluding hydrogens is 194 g/mol. The lowest BCUT2D eigenvalue weighted by Gasteiger charge is -1.97. The quantitative estimate of drug-likeness (QED) is 0.482. The minimum absolute atomic E-state index is 0.0855. The molecule has 15 heavy (non-hydrogen) atoms. The molecule has 80 valence electrons. The first kappa shape index (κ1) is 11.2. The van der Waals surface area contributed by atoms with Gasteiger partial charge in [-0.1, -0.05) is 6.07 Å². The molecule has 0 spiro atoms. The van der Waals surface area contributed by atoms with E-state index >= 15 is 0 Å². The Morgan fingerprint density at radius 1 is 1.60 bits per heavy atom. The summed E-state index contributed by atoms with van der Waals surface area (Å²) in [4.78, 5) is 15.0. The number of nitrogens with one attached hydrogen (secondary N) is 1. The van der Waals surface area contributed by atoms with Crippen LogP contribution in [0.25, 0.3) is 0 Å². The molecule has 1 aromatic carbocycles. The summed E-state index contributed by atoms with van der Waals surface area (Å²) in [5.74, 6) is -0.341. The normalized spacial score (nSPS) is 10.5. The second-order valence-corrected chi connectivity index (χ2v) is 2.87. The van der Waals surface area contributed by atoms with Crippen LogP contribution in [0.15, 0.2) is 29.3 Å². The van der Waals surface area contributed by atoms with E-state index in [2.05, 4.69) is 10.3 Å². The van der Waals surface area contributed by atoms with Crippen LogP contribution in [-0.4, -0.2) is 30.4 Å². The molecule has 0 aromatic heterocycles. The zero-order chi connectivity index (χ0) is 11.1. The van der Waals surface area contributed by atoms with Crippen molar-refractivity contribution in [3.05, 3.63) is 24.3 Å². The summed E-state index contributed by atoms with van der Waals surface area (Å²) in [7, 11) is 0. The monoisotopic (exact) mass is 207 g/mol. The third kappa shape index (κ3) is 4.24. The number of nitrogens with zero attached hydrogens (tertiary/aromatic N) is 1. The zero-order valence-electron chi connectivity index (χ0n) is 8.18. The van der Waals surface area contributed by atoms with Crippen LogP contribution in [0.4, 0.5) is 11.4 Å². The van der Waals surface area contributed by atoms with Crippen molar-refractivity contribution in [1.29, 1.82) is 0 Å². The summed E-state index contributed by atoms with van der Waals surface area (Å²) in [6.07, 6.45) is 1.16. The van der Waals surface area contributed by atoms with Gasteiger partial charge in [-0.05, 0) is 18.2 Å². The number of rotatable bonds is 4. The van der Waals surface area contributed by atoms with Gasteiger partial charge in [0.05, 0.1) is 18.5 Å². The van der Waals surface area contributed by atoms with Crippen molar-refractivity contribution in [2.24, 2.45) is 4.99 Å². The van der Waals surface area contributed by atoms with Crippen molar-refractivity contribution in [3.8, 4) is 0 Å². The number of hydrogen-bond donors (Lipinski definition) is 3. The molecule has 0 radical (unpaired) electrons. The van der Waals surface area contributed by atoms with Crippen LogP contribution in [0.1, 0.15) is 0 Å². The summed E-state index contributed by atoms with van der Waals surface area (Å²) in [5.41, 5.74) is 6.75. The molecule has 0 saturated carbocycles. The summed E-state index contributed by atoms with van der Waals surface area (Å²) >= 11 is 0. The maximum Gasteiger partial charge on any atom is 0.262 e. The van der Waals surface area contributed by atoms with Gasteiger partial charge in [-0.2, -0.15) is 0 Å². The Bertz CT molecular complexity index is 363. The fourth-order valence-corrected chi connectivity index (χ4v) is 0.963. The first-order chi connectivity index (χ1) is 7.22. The van der Waals surface area contributed by atoms with Crippen molar-refractivity contribution in [2.45, 2.75) is 0 Å². The number of aliphatic imine (C=N–C) groups is 1. The largest absolute Gasteiger partial charge is 0.399 e. The van der Waals surface area contributed by atoms with E-state index in [0.29, 0.717) is 11.4 Å². The first-order valence-electron chi connectivity index (χ1n) is 4.50. The van der Waals surface area contributed by atoms with Gasteiger partial charge in [0, 0.05) is 12.2 Å². The van der Waals surface area contributed by atoms with Gasteiger partial charge < -0.3 is 16.2 Å². The van der Waals surface area contributed by atoms with Crippen molar-refractivity contribution < 1.29 is 9.90 Å². The molecule has 5 nitrogen and oxygen atoms in total. The summed E-state index contributed by atoms with van der Waals surface area (Å²) in [5, 5.41) is 10.9. The van der Waals surface area contributed by atoms with E-state index in [-0.39, 0.29) is 19.1 Å². The van der Waals surface area contributed by atoms with Gasteiger partial charge in [-0.25, -0.2) is 0 Å². The van der Waals surface area contributed by atoms with Crippen LogP contribution < -0.4 is 11.1 Å². The number of aliphatic hydroxyl groups is 1. The number of carbonyl (C=O) groups is 1. The highest BCUT2D eigenvalue weighted by Crippen LogP contribution is 2.14. The fraction of sp³-hybridized carbons (Fsp3) is 0.200. The lowest BCUT2D eigenvalue weighted by Crippen LogP contribution is -2.26. The number of nitrogen functional groups attached to an aromatic ring is 1. The average Bonchev–Trinajstić information content (AvgIpc) is 2.23. The Morgan fingerprint density at radius 3 is 3.07 bits per heavy atom. The SMILES string of the molecule is Nc1cccc(/N=C/C(=O)NCCO)c1. The van der Waals surface area contributed by atoms with Crippen LogP contribution >= 0.6 is 0 Å². The molecule has 0 aliphatic carbocycles. The number of carbonyl (C=O) groups excluding carboxylic acids is 1. The number of amides is 1. The molecule has 1 rings (SSSR count). The van der Waals surface area contributed by atoms with Gasteiger partial charge in [0.1, 0.15) is 0 Å². The number of aliphatic hydroxyl groups excluding tert-OH is 1. The van der Waals surface area contributed by atoms with Crippen molar-refractivity contribution in [3.63, 3.8) is 0 Å². The molecular formula is C10H13N3O2. The highest BCUT2D eigenvalue weighted by molar-refractivity contribution is 6.26. The Hall–Kier alpha value is -1.88. The van der Waals surface area contributed by atoms with E-state index in [9.17, 15) is 4.79 Å².